The number of carbonyl (C=O) groups is 2. The van der Waals surface area contributed by atoms with Crippen molar-refractivity contribution < 1.29 is 9.59 Å². The Kier molecular flexibility index (Phi) is 2.71. The number of hydrogen-bond donors (Lipinski definition) is 2. The highest BCUT2D eigenvalue weighted by Gasteiger charge is 2.54. The first-order valence-corrected chi connectivity index (χ1v) is 8.84. The van der Waals surface area contributed by atoms with E-state index in [2.05, 4.69) is 10.6 Å². The molecule has 0 atom stereocenters. The molecule has 0 saturated heterocycles. The first kappa shape index (κ1) is 13.6. The van der Waals surface area contributed by atoms with Crippen LogP contribution >= 0.6 is 0 Å². The number of nitrogens with one attached hydrogen (secondary N) is 2. The minimum Gasteiger partial charge on any atom is -0.326 e. The second kappa shape index (κ2) is 4.59. The van der Waals surface area contributed by atoms with Crippen LogP contribution in [-0.2, 0) is 16.0 Å². The molecule has 0 unspecified atom stereocenters. The van der Waals surface area contributed by atoms with Crippen molar-refractivity contribution in [1.82, 2.24) is 0 Å². The molecule has 2 N–H and O–H groups in total. The largest absolute Gasteiger partial charge is 0.326 e. The van der Waals surface area contributed by atoms with E-state index >= 15 is 0 Å². The van der Waals surface area contributed by atoms with Crippen LogP contribution in [0.5, 0.6) is 0 Å². The number of amides is 2. The second-order valence-corrected chi connectivity index (χ2v) is 8.25. The van der Waals surface area contributed by atoms with Crippen molar-refractivity contribution in [2.45, 2.75) is 44.9 Å². The van der Waals surface area contributed by atoms with E-state index in [0.29, 0.717) is 6.42 Å². The average molecular weight is 310 g/mol. The molecular formula is C19H22N2O2. The van der Waals surface area contributed by atoms with Gasteiger partial charge in [-0.1, -0.05) is 0 Å². The molecule has 0 radical (unpaired) electrons. The van der Waals surface area contributed by atoms with Gasteiger partial charge in [0.05, 0.1) is 11.8 Å². The molecule has 4 saturated carbocycles. The molecule has 1 aliphatic heterocycles. The van der Waals surface area contributed by atoms with E-state index < -0.39 is 0 Å². The first-order chi connectivity index (χ1) is 11.1. The monoisotopic (exact) mass is 310 g/mol. The van der Waals surface area contributed by atoms with Crippen molar-refractivity contribution in [3.63, 3.8) is 0 Å². The molecule has 23 heavy (non-hydrogen) atoms. The molecule has 1 aromatic rings. The van der Waals surface area contributed by atoms with Gasteiger partial charge in [-0.3, -0.25) is 9.59 Å². The predicted octanol–water partition coefficient (Wildman–Crippen LogP) is 3.34. The van der Waals surface area contributed by atoms with E-state index in [-0.39, 0.29) is 17.2 Å². The highest BCUT2D eigenvalue weighted by molar-refractivity contribution is 6.01. The molecule has 1 aromatic carbocycles. The lowest BCUT2D eigenvalue weighted by Gasteiger charge is -2.55. The van der Waals surface area contributed by atoms with E-state index in [0.717, 1.165) is 54.0 Å². The topological polar surface area (TPSA) is 58.2 Å². The van der Waals surface area contributed by atoms with Gasteiger partial charge < -0.3 is 10.6 Å². The maximum Gasteiger partial charge on any atom is 0.230 e. The van der Waals surface area contributed by atoms with Gasteiger partial charge in [-0.05, 0) is 80.0 Å². The van der Waals surface area contributed by atoms with Crippen molar-refractivity contribution in [3.8, 4) is 0 Å². The van der Waals surface area contributed by atoms with Gasteiger partial charge in [0.1, 0.15) is 0 Å². The quantitative estimate of drug-likeness (QED) is 0.880. The summed E-state index contributed by atoms with van der Waals surface area (Å²) in [4.78, 5) is 24.5. The van der Waals surface area contributed by atoms with Gasteiger partial charge in [0.25, 0.3) is 0 Å². The van der Waals surface area contributed by atoms with Gasteiger partial charge in [0.2, 0.25) is 11.8 Å². The lowest BCUT2D eigenvalue weighted by atomic mass is 9.49. The molecular weight excluding hydrogens is 288 g/mol. The Balaban J connectivity index is 1.38. The summed E-state index contributed by atoms with van der Waals surface area (Å²) in [5.74, 6) is 2.56. The fraction of sp³-hybridized carbons (Fsp3) is 0.579. The summed E-state index contributed by atoms with van der Waals surface area (Å²) in [5, 5.41) is 6.00. The molecule has 2 amide bonds. The average Bonchev–Trinajstić information content (AvgIpc) is 2.85. The van der Waals surface area contributed by atoms with E-state index in [1.807, 2.05) is 18.2 Å². The molecule has 120 valence electrons. The Bertz CT molecular complexity index is 674. The summed E-state index contributed by atoms with van der Waals surface area (Å²) in [6.07, 6.45) is 7.69. The second-order valence-electron chi connectivity index (χ2n) is 8.25. The molecule has 4 heteroatoms. The third-order valence-corrected chi connectivity index (χ3v) is 6.51. The summed E-state index contributed by atoms with van der Waals surface area (Å²) >= 11 is 0. The number of anilines is 2. The standard InChI is InChI=1S/C19H22N2O2/c22-17-7-14-6-15(1-2-16(14)21-17)20-18(23)19-8-11-3-12(9-19)5-13(4-11)10-19/h1-2,6,11-13H,3-5,7-10H2,(H,20,23)(H,21,22). The molecule has 0 aromatic heterocycles. The van der Waals surface area contributed by atoms with Gasteiger partial charge in [0, 0.05) is 11.4 Å². The highest BCUT2D eigenvalue weighted by Crippen LogP contribution is 2.60. The third-order valence-electron chi connectivity index (χ3n) is 6.51. The fourth-order valence-corrected chi connectivity index (χ4v) is 5.96. The van der Waals surface area contributed by atoms with Crippen molar-refractivity contribution in [1.29, 1.82) is 0 Å². The Labute approximate surface area is 136 Å². The zero-order valence-corrected chi connectivity index (χ0v) is 13.2. The van der Waals surface area contributed by atoms with Crippen LogP contribution in [0.3, 0.4) is 0 Å². The van der Waals surface area contributed by atoms with Crippen molar-refractivity contribution in [3.05, 3.63) is 23.8 Å². The maximum absolute atomic E-state index is 13.0. The summed E-state index contributed by atoms with van der Waals surface area (Å²) in [5.41, 5.74) is 2.57. The van der Waals surface area contributed by atoms with Crippen LogP contribution in [0.25, 0.3) is 0 Å². The van der Waals surface area contributed by atoms with Crippen LogP contribution in [0.15, 0.2) is 18.2 Å². The Hall–Kier alpha value is -1.84. The van der Waals surface area contributed by atoms with E-state index in [1.54, 1.807) is 0 Å². The Morgan fingerprint density at radius 1 is 1.09 bits per heavy atom. The van der Waals surface area contributed by atoms with Crippen molar-refractivity contribution in [2.75, 3.05) is 10.6 Å². The van der Waals surface area contributed by atoms with E-state index in [9.17, 15) is 9.59 Å². The zero-order valence-electron chi connectivity index (χ0n) is 13.2. The van der Waals surface area contributed by atoms with Gasteiger partial charge in [0.15, 0.2) is 0 Å². The van der Waals surface area contributed by atoms with Crippen LogP contribution in [0, 0.1) is 23.2 Å². The first-order valence-electron chi connectivity index (χ1n) is 8.84. The lowest BCUT2D eigenvalue weighted by molar-refractivity contribution is -0.140. The van der Waals surface area contributed by atoms with Crippen LogP contribution in [-0.4, -0.2) is 11.8 Å². The van der Waals surface area contributed by atoms with Crippen LogP contribution in [0.1, 0.15) is 44.1 Å². The predicted molar refractivity (Wildman–Crippen MR) is 88.0 cm³/mol. The van der Waals surface area contributed by atoms with Gasteiger partial charge in [-0.25, -0.2) is 0 Å². The number of hydrogen-bond acceptors (Lipinski definition) is 2. The van der Waals surface area contributed by atoms with E-state index in [4.69, 9.17) is 0 Å². The molecule has 4 aliphatic carbocycles. The molecule has 4 bridgehead atoms. The van der Waals surface area contributed by atoms with Gasteiger partial charge >= 0.3 is 0 Å². The van der Waals surface area contributed by atoms with E-state index in [1.165, 1.54) is 19.3 Å². The molecule has 4 fully saturated rings. The fourth-order valence-electron chi connectivity index (χ4n) is 5.96. The summed E-state index contributed by atoms with van der Waals surface area (Å²) in [6.45, 7) is 0. The normalized spacial score (nSPS) is 36.7. The maximum atomic E-state index is 13.0. The Morgan fingerprint density at radius 3 is 2.39 bits per heavy atom. The molecule has 1 heterocycles. The van der Waals surface area contributed by atoms with Gasteiger partial charge in [-0.2, -0.15) is 0 Å². The van der Waals surface area contributed by atoms with Crippen LogP contribution < -0.4 is 10.6 Å². The number of carbonyl (C=O) groups excluding carboxylic acids is 2. The van der Waals surface area contributed by atoms with Crippen molar-refractivity contribution in [2.24, 2.45) is 23.2 Å². The third kappa shape index (κ3) is 2.11. The zero-order chi connectivity index (χ0) is 15.6. The van der Waals surface area contributed by atoms with Crippen LogP contribution in [0.2, 0.25) is 0 Å². The highest BCUT2D eigenvalue weighted by atomic mass is 16.2. The number of fused-ring (bicyclic) bond motifs is 1. The summed E-state index contributed by atoms with van der Waals surface area (Å²) < 4.78 is 0. The molecule has 0 spiro atoms. The van der Waals surface area contributed by atoms with Gasteiger partial charge in [-0.15, -0.1) is 0 Å². The Morgan fingerprint density at radius 2 is 1.74 bits per heavy atom. The number of rotatable bonds is 2. The smallest absolute Gasteiger partial charge is 0.230 e. The minimum absolute atomic E-state index is 0.0320. The summed E-state index contributed by atoms with van der Waals surface area (Å²) in [7, 11) is 0. The van der Waals surface area contributed by atoms with Crippen molar-refractivity contribution >= 4 is 23.2 Å². The molecule has 5 aliphatic rings. The number of benzene rings is 1. The minimum atomic E-state index is -0.123. The SMILES string of the molecule is O=C1Cc2cc(NC(=O)C34CC5CC(CC(C5)C3)C4)ccc2N1. The van der Waals surface area contributed by atoms with Crippen LogP contribution in [0.4, 0.5) is 11.4 Å². The summed E-state index contributed by atoms with van der Waals surface area (Å²) in [6, 6.07) is 5.75. The lowest BCUT2D eigenvalue weighted by Crippen LogP contribution is -2.51. The molecule has 4 nitrogen and oxygen atoms in total. The molecule has 6 rings (SSSR count).